The first-order valence-electron chi connectivity index (χ1n) is 8.51. The Morgan fingerprint density at radius 3 is 2.30 bits per heavy atom. The van der Waals surface area contributed by atoms with Gasteiger partial charge in [0, 0.05) is 18.3 Å². The third-order valence-corrected chi connectivity index (χ3v) is 6.49. The second-order valence-electron chi connectivity index (χ2n) is 7.74. The zero-order valence-electron chi connectivity index (χ0n) is 14.8. The summed E-state index contributed by atoms with van der Waals surface area (Å²) in [6, 6.07) is 0. The van der Waals surface area contributed by atoms with Crippen molar-refractivity contribution >= 4 is 11.9 Å². The molecule has 0 aromatic heterocycles. The second kappa shape index (κ2) is 5.50. The normalized spacial score (nSPS) is 37.1. The quantitative estimate of drug-likeness (QED) is 0.597. The molecule has 1 saturated heterocycles. The molecule has 0 bridgehead atoms. The highest BCUT2D eigenvalue weighted by Crippen LogP contribution is 2.51. The van der Waals surface area contributed by atoms with Crippen molar-refractivity contribution in [1.29, 1.82) is 0 Å². The molecular formula is C19H27NO3. The van der Waals surface area contributed by atoms with Gasteiger partial charge in [0.1, 0.15) is 5.54 Å². The first kappa shape index (κ1) is 16.3. The number of hydrogen-bond acceptors (Lipinski definition) is 3. The molecule has 2 aliphatic carbocycles. The van der Waals surface area contributed by atoms with Gasteiger partial charge in [-0.1, -0.05) is 22.3 Å². The van der Waals surface area contributed by atoms with Crippen molar-refractivity contribution in [1.82, 2.24) is 5.32 Å². The summed E-state index contributed by atoms with van der Waals surface area (Å²) in [6.07, 6.45) is 3.18. The minimum Gasteiger partial charge on any atom is -0.467 e. The van der Waals surface area contributed by atoms with Crippen LogP contribution in [0.4, 0.5) is 0 Å². The molecular weight excluding hydrogens is 290 g/mol. The average molecular weight is 317 g/mol. The summed E-state index contributed by atoms with van der Waals surface area (Å²) >= 11 is 0. The predicted octanol–water partition coefficient (Wildman–Crippen LogP) is 3.14. The highest BCUT2D eigenvalue weighted by atomic mass is 16.5. The Balaban J connectivity index is 2.08. The van der Waals surface area contributed by atoms with Gasteiger partial charge in [-0.05, 0) is 52.9 Å². The number of fused-ring (bicyclic) bond motifs is 3. The van der Waals surface area contributed by atoms with Gasteiger partial charge < -0.3 is 10.1 Å². The van der Waals surface area contributed by atoms with E-state index < -0.39 is 5.54 Å². The van der Waals surface area contributed by atoms with E-state index in [2.05, 4.69) is 33.0 Å². The highest BCUT2D eigenvalue weighted by Gasteiger charge is 2.59. The zero-order chi connectivity index (χ0) is 16.9. The molecule has 4 atom stereocenters. The van der Waals surface area contributed by atoms with Crippen LogP contribution in [0.15, 0.2) is 22.3 Å². The predicted molar refractivity (Wildman–Crippen MR) is 88.6 cm³/mol. The minimum absolute atomic E-state index is 0.00677. The van der Waals surface area contributed by atoms with Gasteiger partial charge >= 0.3 is 5.97 Å². The lowest BCUT2D eigenvalue weighted by molar-refractivity contribution is -0.162. The summed E-state index contributed by atoms with van der Waals surface area (Å²) < 4.78 is 5.12. The summed E-state index contributed by atoms with van der Waals surface area (Å²) in [7, 11) is 1.42. The van der Waals surface area contributed by atoms with Crippen LogP contribution < -0.4 is 5.32 Å². The summed E-state index contributed by atoms with van der Waals surface area (Å²) in [6.45, 7) is 8.50. The van der Waals surface area contributed by atoms with Gasteiger partial charge in [0.25, 0.3) is 0 Å². The van der Waals surface area contributed by atoms with Crippen molar-refractivity contribution in [3.05, 3.63) is 22.3 Å². The first-order chi connectivity index (χ1) is 10.8. The Bertz CT molecular complexity index is 631. The third-order valence-electron chi connectivity index (χ3n) is 6.49. The van der Waals surface area contributed by atoms with Crippen LogP contribution in [-0.2, 0) is 14.3 Å². The topological polar surface area (TPSA) is 55.4 Å². The van der Waals surface area contributed by atoms with Crippen LogP contribution in [0.5, 0.6) is 0 Å². The minimum atomic E-state index is -0.873. The fourth-order valence-corrected chi connectivity index (χ4v) is 4.84. The van der Waals surface area contributed by atoms with E-state index in [-0.39, 0.29) is 29.6 Å². The molecule has 0 spiro atoms. The summed E-state index contributed by atoms with van der Waals surface area (Å²) in [5, 5.41) is 3.10. The van der Waals surface area contributed by atoms with E-state index in [0.717, 1.165) is 19.3 Å². The van der Waals surface area contributed by atoms with Crippen LogP contribution in [-0.4, -0.2) is 24.5 Å². The average Bonchev–Trinajstić information content (AvgIpc) is 2.51. The molecule has 0 unspecified atom stereocenters. The SMILES string of the molecule is COC(=O)[C@@]12CC(C)=C(C)C[C@@H]1[C@H]1CC(C)=C(C)C[C@@H]1C(=O)N2. The molecule has 0 saturated carbocycles. The fourth-order valence-electron chi connectivity index (χ4n) is 4.84. The molecule has 0 radical (unpaired) electrons. The summed E-state index contributed by atoms with van der Waals surface area (Å²) in [5.74, 6) is 0.0904. The van der Waals surface area contributed by atoms with Gasteiger partial charge in [-0.2, -0.15) is 0 Å². The van der Waals surface area contributed by atoms with Gasteiger partial charge in [-0.3, -0.25) is 4.79 Å². The van der Waals surface area contributed by atoms with Gasteiger partial charge in [-0.15, -0.1) is 0 Å². The first-order valence-corrected chi connectivity index (χ1v) is 8.51. The maximum atomic E-state index is 12.8. The van der Waals surface area contributed by atoms with Gasteiger partial charge in [-0.25, -0.2) is 4.79 Å². The molecule has 0 aromatic rings. The van der Waals surface area contributed by atoms with Crippen molar-refractivity contribution < 1.29 is 14.3 Å². The molecule has 0 aromatic carbocycles. The van der Waals surface area contributed by atoms with Crippen LogP contribution >= 0.6 is 0 Å². The molecule has 1 heterocycles. The lowest BCUT2D eigenvalue weighted by Crippen LogP contribution is -2.69. The molecule has 3 rings (SSSR count). The molecule has 4 heteroatoms. The molecule has 1 aliphatic heterocycles. The molecule has 1 amide bonds. The van der Waals surface area contributed by atoms with Crippen LogP contribution in [0.3, 0.4) is 0 Å². The lowest BCUT2D eigenvalue weighted by Gasteiger charge is -2.53. The van der Waals surface area contributed by atoms with E-state index in [1.165, 1.54) is 29.4 Å². The number of carbonyl (C=O) groups is 2. The Kier molecular flexibility index (Phi) is 3.89. The van der Waals surface area contributed by atoms with Crippen LogP contribution in [0, 0.1) is 17.8 Å². The van der Waals surface area contributed by atoms with E-state index in [4.69, 9.17) is 4.74 Å². The van der Waals surface area contributed by atoms with Crippen LogP contribution in [0.25, 0.3) is 0 Å². The van der Waals surface area contributed by atoms with Crippen molar-refractivity contribution in [2.45, 2.75) is 58.9 Å². The Morgan fingerprint density at radius 2 is 1.65 bits per heavy atom. The molecule has 1 N–H and O–H groups in total. The Hall–Kier alpha value is -1.58. The Morgan fingerprint density at radius 1 is 1.04 bits per heavy atom. The monoisotopic (exact) mass is 317 g/mol. The van der Waals surface area contributed by atoms with Crippen molar-refractivity contribution in [2.75, 3.05) is 7.11 Å². The molecule has 3 aliphatic rings. The van der Waals surface area contributed by atoms with Gasteiger partial charge in [0.05, 0.1) is 7.11 Å². The fraction of sp³-hybridized carbons (Fsp3) is 0.684. The standard InChI is InChI=1S/C19H27NO3/c1-10-6-14-15(7-11(10)2)17(21)20-19(18(22)23-5)9-13(4)12(3)8-16(14)19/h14-16H,6-9H2,1-5H3,(H,20,21)/t14-,15-,16+,19+/m0/s1. The van der Waals surface area contributed by atoms with Gasteiger partial charge in [0.15, 0.2) is 0 Å². The molecule has 126 valence electrons. The van der Waals surface area contributed by atoms with E-state index in [9.17, 15) is 9.59 Å². The number of esters is 1. The van der Waals surface area contributed by atoms with Crippen LogP contribution in [0.2, 0.25) is 0 Å². The number of allylic oxidation sites excluding steroid dienone is 3. The highest BCUT2D eigenvalue weighted by molar-refractivity contribution is 5.92. The second-order valence-corrected chi connectivity index (χ2v) is 7.74. The van der Waals surface area contributed by atoms with E-state index in [1.807, 2.05) is 0 Å². The number of ether oxygens (including phenoxy) is 1. The number of methoxy groups -OCH3 is 1. The summed E-state index contributed by atoms with van der Waals surface area (Å²) in [4.78, 5) is 25.5. The van der Waals surface area contributed by atoms with E-state index in [0.29, 0.717) is 6.42 Å². The van der Waals surface area contributed by atoms with Crippen molar-refractivity contribution in [2.24, 2.45) is 17.8 Å². The number of amides is 1. The zero-order valence-corrected chi connectivity index (χ0v) is 14.8. The maximum Gasteiger partial charge on any atom is 0.332 e. The number of piperidine rings is 1. The molecule has 1 fully saturated rings. The number of hydrogen-bond donors (Lipinski definition) is 1. The summed E-state index contributed by atoms with van der Waals surface area (Å²) in [5.41, 5.74) is 4.38. The van der Waals surface area contributed by atoms with Crippen molar-refractivity contribution in [3.63, 3.8) is 0 Å². The number of carbonyl (C=O) groups excluding carboxylic acids is 2. The molecule has 23 heavy (non-hydrogen) atoms. The van der Waals surface area contributed by atoms with Gasteiger partial charge in [0.2, 0.25) is 5.91 Å². The number of rotatable bonds is 1. The lowest BCUT2D eigenvalue weighted by atomic mass is 9.56. The number of nitrogens with one attached hydrogen (secondary N) is 1. The van der Waals surface area contributed by atoms with E-state index >= 15 is 0 Å². The Labute approximate surface area is 138 Å². The van der Waals surface area contributed by atoms with Crippen molar-refractivity contribution in [3.8, 4) is 0 Å². The molecule has 4 nitrogen and oxygen atoms in total. The smallest absolute Gasteiger partial charge is 0.332 e. The largest absolute Gasteiger partial charge is 0.467 e. The van der Waals surface area contributed by atoms with E-state index in [1.54, 1.807) is 0 Å². The third kappa shape index (κ3) is 2.34. The maximum absolute atomic E-state index is 12.8. The van der Waals surface area contributed by atoms with Crippen LogP contribution in [0.1, 0.15) is 53.4 Å².